The van der Waals surface area contributed by atoms with Gasteiger partial charge in [-0.1, -0.05) is 13.8 Å². The molecule has 0 aromatic heterocycles. The summed E-state index contributed by atoms with van der Waals surface area (Å²) in [5.41, 5.74) is 0. The first kappa shape index (κ1) is 17.5. The Labute approximate surface area is 126 Å². The fraction of sp³-hybridized carbons (Fsp3) is 0.800. The van der Waals surface area contributed by atoms with Crippen molar-refractivity contribution in [2.24, 2.45) is 11.8 Å². The Bertz CT molecular complexity index is 395. The smallest absolute Gasteiger partial charge is 0.325 e. The number of nitrogens with zero attached hydrogens (tertiary/aromatic N) is 2. The van der Waals surface area contributed by atoms with Gasteiger partial charge in [-0.3, -0.25) is 14.4 Å². The van der Waals surface area contributed by atoms with Crippen molar-refractivity contribution in [2.75, 3.05) is 32.8 Å². The van der Waals surface area contributed by atoms with E-state index in [1.54, 1.807) is 11.8 Å². The molecule has 0 spiro atoms. The van der Waals surface area contributed by atoms with E-state index in [1.165, 1.54) is 4.90 Å². The molecule has 1 saturated heterocycles. The van der Waals surface area contributed by atoms with Gasteiger partial charge in [0.25, 0.3) is 0 Å². The van der Waals surface area contributed by atoms with Gasteiger partial charge in [-0.15, -0.1) is 0 Å². The van der Waals surface area contributed by atoms with E-state index in [0.29, 0.717) is 32.2 Å². The van der Waals surface area contributed by atoms with E-state index in [2.05, 4.69) is 0 Å². The number of hydrogen-bond donors (Lipinski definition) is 0. The normalized spacial score (nSPS) is 18.2. The molecule has 1 aliphatic rings. The first-order valence-corrected chi connectivity index (χ1v) is 7.61. The molecule has 0 radical (unpaired) electrons. The van der Waals surface area contributed by atoms with Crippen LogP contribution in [-0.2, 0) is 19.1 Å². The predicted octanol–water partition coefficient (Wildman–Crippen LogP) is 0.902. The number of amides is 2. The number of rotatable bonds is 7. The summed E-state index contributed by atoms with van der Waals surface area (Å²) in [6.07, 6.45) is 0.241. The lowest BCUT2D eigenvalue weighted by molar-refractivity contribution is -0.150. The minimum absolute atomic E-state index is 0.0224. The summed E-state index contributed by atoms with van der Waals surface area (Å²) in [5, 5.41) is 0. The maximum absolute atomic E-state index is 12.4. The fourth-order valence-corrected chi connectivity index (χ4v) is 2.52. The van der Waals surface area contributed by atoms with E-state index in [-0.39, 0.29) is 30.7 Å². The second-order valence-electron chi connectivity index (χ2n) is 5.75. The zero-order valence-corrected chi connectivity index (χ0v) is 13.4. The molecule has 0 N–H and O–H groups in total. The molecular weight excluding hydrogens is 272 g/mol. The fourth-order valence-electron chi connectivity index (χ4n) is 2.52. The van der Waals surface area contributed by atoms with E-state index in [9.17, 15) is 14.4 Å². The quantitative estimate of drug-likeness (QED) is 0.655. The number of likely N-dealkylation sites (tertiary alicyclic amines) is 1. The van der Waals surface area contributed by atoms with Crippen LogP contribution in [0.5, 0.6) is 0 Å². The molecule has 2 amide bonds. The van der Waals surface area contributed by atoms with Crippen molar-refractivity contribution in [3.8, 4) is 0 Å². The maximum atomic E-state index is 12.4. The molecule has 0 aromatic carbocycles. The first-order chi connectivity index (χ1) is 9.88. The van der Waals surface area contributed by atoms with Crippen molar-refractivity contribution in [1.82, 2.24) is 9.80 Å². The number of likely N-dealkylation sites (N-methyl/N-ethyl adjacent to an activating group) is 1. The first-order valence-electron chi connectivity index (χ1n) is 7.61. The summed E-state index contributed by atoms with van der Waals surface area (Å²) in [5.74, 6) is -0.481. The lowest BCUT2D eigenvalue weighted by atomic mass is 10.1. The van der Waals surface area contributed by atoms with Crippen LogP contribution in [0.1, 0.15) is 34.1 Å². The SMILES string of the molecule is CCOC(=O)CN(CC)C(=O)C1CC(=O)N(CC(C)C)C1. The predicted molar refractivity (Wildman–Crippen MR) is 78.4 cm³/mol. The summed E-state index contributed by atoms with van der Waals surface area (Å²) in [6.45, 7) is 9.46. The summed E-state index contributed by atoms with van der Waals surface area (Å²) >= 11 is 0. The van der Waals surface area contributed by atoms with Gasteiger partial charge in [0, 0.05) is 26.1 Å². The van der Waals surface area contributed by atoms with Crippen molar-refractivity contribution < 1.29 is 19.1 Å². The van der Waals surface area contributed by atoms with Crippen LogP contribution >= 0.6 is 0 Å². The minimum Gasteiger partial charge on any atom is -0.465 e. The summed E-state index contributed by atoms with van der Waals surface area (Å²) in [7, 11) is 0. The zero-order chi connectivity index (χ0) is 16.0. The number of carbonyl (C=O) groups excluding carboxylic acids is 3. The average molecular weight is 298 g/mol. The van der Waals surface area contributed by atoms with E-state index < -0.39 is 5.97 Å². The van der Waals surface area contributed by atoms with Crippen molar-refractivity contribution in [1.29, 1.82) is 0 Å². The third kappa shape index (κ3) is 5.02. The van der Waals surface area contributed by atoms with E-state index in [0.717, 1.165) is 0 Å². The monoisotopic (exact) mass is 298 g/mol. The number of esters is 1. The Kier molecular flexibility index (Phi) is 6.65. The standard InChI is InChI=1S/C15H26N2O4/c1-5-16(10-14(19)21-6-2)15(20)12-7-13(18)17(9-12)8-11(3)4/h11-12H,5-10H2,1-4H3. The topological polar surface area (TPSA) is 66.9 Å². The zero-order valence-electron chi connectivity index (χ0n) is 13.4. The van der Waals surface area contributed by atoms with Crippen LogP contribution in [0.4, 0.5) is 0 Å². The van der Waals surface area contributed by atoms with Crippen LogP contribution in [0.3, 0.4) is 0 Å². The molecule has 1 rings (SSSR count). The molecule has 1 atom stereocenters. The van der Waals surface area contributed by atoms with E-state index >= 15 is 0 Å². The summed E-state index contributed by atoms with van der Waals surface area (Å²) < 4.78 is 4.87. The molecule has 0 aliphatic carbocycles. The van der Waals surface area contributed by atoms with E-state index in [1.807, 2.05) is 20.8 Å². The Hall–Kier alpha value is -1.59. The number of carbonyl (C=O) groups is 3. The van der Waals surface area contributed by atoms with Gasteiger partial charge in [-0.2, -0.15) is 0 Å². The van der Waals surface area contributed by atoms with Crippen LogP contribution in [0.15, 0.2) is 0 Å². The second-order valence-corrected chi connectivity index (χ2v) is 5.75. The molecular formula is C15H26N2O4. The van der Waals surface area contributed by atoms with Crippen LogP contribution in [0, 0.1) is 11.8 Å². The minimum atomic E-state index is -0.406. The van der Waals surface area contributed by atoms with E-state index in [4.69, 9.17) is 4.74 Å². The molecule has 0 aromatic rings. The third-order valence-electron chi connectivity index (χ3n) is 3.47. The Morgan fingerprint density at radius 3 is 2.57 bits per heavy atom. The Morgan fingerprint density at radius 1 is 1.38 bits per heavy atom. The van der Waals surface area contributed by atoms with Crippen molar-refractivity contribution in [3.63, 3.8) is 0 Å². The second kappa shape index (κ2) is 8.00. The van der Waals surface area contributed by atoms with Gasteiger partial charge >= 0.3 is 5.97 Å². The maximum Gasteiger partial charge on any atom is 0.325 e. The molecule has 1 fully saturated rings. The van der Waals surface area contributed by atoms with Crippen molar-refractivity contribution in [2.45, 2.75) is 34.1 Å². The highest BCUT2D eigenvalue weighted by Crippen LogP contribution is 2.21. The molecule has 0 saturated carbocycles. The Balaban J connectivity index is 2.61. The van der Waals surface area contributed by atoms with Crippen LogP contribution in [0.25, 0.3) is 0 Å². The lowest BCUT2D eigenvalue weighted by Gasteiger charge is -2.23. The van der Waals surface area contributed by atoms with Crippen molar-refractivity contribution in [3.05, 3.63) is 0 Å². The van der Waals surface area contributed by atoms with Gasteiger partial charge in [0.15, 0.2) is 0 Å². The largest absolute Gasteiger partial charge is 0.465 e. The highest BCUT2D eigenvalue weighted by Gasteiger charge is 2.36. The van der Waals surface area contributed by atoms with Gasteiger partial charge in [-0.25, -0.2) is 0 Å². The molecule has 6 heteroatoms. The van der Waals surface area contributed by atoms with Crippen molar-refractivity contribution >= 4 is 17.8 Å². The number of hydrogen-bond acceptors (Lipinski definition) is 4. The highest BCUT2D eigenvalue weighted by molar-refractivity contribution is 5.90. The summed E-state index contributed by atoms with van der Waals surface area (Å²) in [4.78, 5) is 39.1. The average Bonchev–Trinajstić information content (AvgIpc) is 2.76. The molecule has 6 nitrogen and oxygen atoms in total. The van der Waals surface area contributed by atoms with Gasteiger partial charge in [0.2, 0.25) is 11.8 Å². The highest BCUT2D eigenvalue weighted by atomic mass is 16.5. The lowest BCUT2D eigenvalue weighted by Crippen LogP contribution is -2.41. The van der Waals surface area contributed by atoms with Gasteiger partial charge < -0.3 is 14.5 Å². The molecule has 0 bridgehead atoms. The van der Waals surface area contributed by atoms with Crippen LogP contribution in [-0.4, -0.2) is 60.4 Å². The molecule has 1 unspecified atom stereocenters. The molecule has 1 aliphatic heterocycles. The molecule has 1 heterocycles. The van der Waals surface area contributed by atoms with Gasteiger partial charge in [-0.05, 0) is 19.8 Å². The van der Waals surface area contributed by atoms with Crippen LogP contribution < -0.4 is 0 Å². The third-order valence-corrected chi connectivity index (χ3v) is 3.47. The number of ether oxygens (including phenoxy) is 1. The molecule has 120 valence electrons. The van der Waals surface area contributed by atoms with Gasteiger partial charge in [0.05, 0.1) is 12.5 Å². The summed E-state index contributed by atoms with van der Waals surface area (Å²) in [6, 6.07) is 0. The van der Waals surface area contributed by atoms with Gasteiger partial charge in [0.1, 0.15) is 6.54 Å². The van der Waals surface area contributed by atoms with Crippen LogP contribution in [0.2, 0.25) is 0 Å². The Morgan fingerprint density at radius 2 is 2.05 bits per heavy atom. The molecule has 21 heavy (non-hydrogen) atoms.